The molecule has 0 amide bonds. The molecule has 50 heavy (non-hydrogen) atoms. The van der Waals surface area contributed by atoms with Crippen LogP contribution in [-0.4, -0.2) is 4.57 Å². The highest BCUT2D eigenvalue weighted by molar-refractivity contribution is 6.12. The third-order valence-corrected chi connectivity index (χ3v) is 10.8. The Balaban J connectivity index is 1.24. The zero-order valence-corrected chi connectivity index (χ0v) is 27.2. The first-order valence-electron chi connectivity index (χ1n) is 17.3. The van der Waals surface area contributed by atoms with Gasteiger partial charge in [0.05, 0.1) is 22.4 Å². The number of rotatable bonds is 3. The Bertz CT molecular complexity index is 2670. The molecule has 9 aromatic rings. The van der Waals surface area contributed by atoms with Crippen molar-refractivity contribution in [2.45, 2.75) is 5.66 Å². The van der Waals surface area contributed by atoms with Crippen LogP contribution in [0.1, 0.15) is 11.1 Å². The van der Waals surface area contributed by atoms with E-state index < -0.39 is 5.66 Å². The lowest BCUT2D eigenvalue weighted by Crippen LogP contribution is -2.57. The fraction of sp³-hybridized carbons (Fsp3) is 0.0213. The van der Waals surface area contributed by atoms with Crippen LogP contribution in [0.5, 0.6) is 0 Å². The van der Waals surface area contributed by atoms with Crippen molar-refractivity contribution in [1.29, 1.82) is 0 Å². The molecule has 0 bridgehead atoms. The van der Waals surface area contributed by atoms with Crippen molar-refractivity contribution in [3.05, 3.63) is 199 Å². The second-order valence-electron chi connectivity index (χ2n) is 13.3. The molecular weight excluding hydrogens is 607 g/mol. The fourth-order valence-electron chi connectivity index (χ4n) is 8.97. The van der Waals surface area contributed by atoms with Gasteiger partial charge in [-0.1, -0.05) is 127 Å². The largest absolute Gasteiger partial charge is 0.309 e. The van der Waals surface area contributed by atoms with E-state index in [0.29, 0.717) is 0 Å². The topological polar surface area (TPSA) is 11.4 Å². The number of para-hydroxylation sites is 3. The van der Waals surface area contributed by atoms with Crippen LogP contribution in [0.15, 0.2) is 188 Å². The summed E-state index contributed by atoms with van der Waals surface area (Å²) in [5, 5.41) is 5.01. The predicted molar refractivity (Wildman–Crippen MR) is 208 cm³/mol. The monoisotopic (exact) mass is 637 g/mol. The molecule has 0 radical (unpaired) electrons. The summed E-state index contributed by atoms with van der Waals surface area (Å²) < 4.78 is 2.40. The Hall–Kier alpha value is -6.58. The first-order valence-corrected chi connectivity index (χ1v) is 17.3. The molecule has 3 nitrogen and oxygen atoms in total. The number of hydrogen-bond donors (Lipinski definition) is 0. The highest BCUT2D eigenvalue weighted by atomic mass is 15.4. The van der Waals surface area contributed by atoms with E-state index in [1.54, 1.807) is 0 Å². The van der Waals surface area contributed by atoms with Crippen molar-refractivity contribution in [2.75, 3.05) is 9.80 Å². The number of anilines is 4. The summed E-state index contributed by atoms with van der Waals surface area (Å²) in [5.41, 5.74) is 12.6. The number of benzene rings is 8. The van der Waals surface area contributed by atoms with Crippen LogP contribution in [0.25, 0.3) is 49.4 Å². The van der Waals surface area contributed by atoms with Gasteiger partial charge in [-0.3, -0.25) is 0 Å². The van der Waals surface area contributed by atoms with Crippen molar-refractivity contribution in [3.63, 3.8) is 0 Å². The van der Waals surface area contributed by atoms with Crippen LogP contribution >= 0.6 is 0 Å². The Labute approximate surface area is 290 Å². The number of aromatic nitrogens is 1. The molecule has 3 heteroatoms. The Morgan fingerprint density at radius 2 is 0.800 bits per heavy atom. The van der Waals surface area contributed by atoms with E-state index in [9.17, 15) is 0 Å². The molecule has 1 aromatic heterocycles. The predicted octanol–water partition coefficient (Wildman–Crippen LogP) is 12.1. The molecule has 1 aliphatic carbocycles. The SMILES string of the molecule is c1ccc(N2c3cccc4cccc(c34)N(c3ccc(-n4c5ccccc5c5ccccc54)cc3)C23c2ccccc2-c2ccccc23)cc1. The minimum Gasteiger partial charge on any atom is -0.309 e. The Kier molecular flexibility index (Phi) is 5.59. The maximum atomic E-state index is 2.61. The van der Waals surface area contributed by atoms with Crippen molar-refractivity contribution >= 4 is 55.3 Å². The smallest absolute Gasteiger partial charge is 0.176 e. The summed E-state index contributed by atoms with van der Waals surface area (Å²) in [6.07, 6.45) is 0. The van der Waals surface area contributed by atoms with Crippen LogP contribution < -0.4 is 9.80 Å². The fourth-order valence-corrected chi connectivity index (χ4v) is 8.97. The minimum absolute atomic E-state index is 0.703. The van der Waals surface area contributed by atoms with Crippen molar-refractivity contribution in [3.8, 4) is 16.8 Å². The summed E-state index contributed by atoms with van der Waals surface area (Å²) in [4.78, 5) is 5.20. The third-order valence-electron chi connectivity index (χ3n) is 10.8. The molecule has 2 aliphatic rings. The second-order valence-corrected chi connectivity index (χ2v) is 13.3. The molecule has 0 atom stereocenters. The van der Waals surface area contributed by atoms with Gasteiger partial charge in [-0.2, -0.15) is 0 Å². The van der Waals surface area contributed by atoms with E-state index >= 15 is 0 Å². The van der Waals surface area contributed by atoms with Crippen LogP contribution in [0.2, 0.25) is 0 Å². The highest BCUT2D eigenvalue weighted by Crippen LogP contribution is 2.63. The molecule has 0 N–H and O–H groups in total. The molecule has 0 saturated carbocycles. The molecule has 1 spiro atoms. The molecule has 2 heterocycles. The summed E-state index contributed by atoms with van der Waals surface area (Å²) >= 11 is 0. The summed E-state index contributed by atoms with van der Waals surface area (Å²) in [6.45, 7) is 0. The van der Waals surface area contributed by atoms with E-state index in [0.717, 1.165) is 17.1 Å². The summed E-state index contributed by atoms with van der Waals surface area (Å²) in [6, 6.07) is 69.0. The number of hydrogen-bond acceptors (Lipinski definition) is 2. The number of nitrogens with zero attached hydrogens (tertiary/aromatic N) is 3. The van der Waals surface area contributed by atoms with Gasteiger partial charge in [-0.05, 0) is 77.2 Å². The van der Waals surface area contributed by atoms with E-state index in [2.05, 4.69) is 202 Å². The van der Waals surface area contributed by atoms with Gasteiger partial charge in [0.1, 0.15) is 0 Å². The molecule has 0 fully saturated rings. The standard InChI is InChI=1S/C47H31N3/c1-2-16-34(17-3-1)49-44-26-12-14-32-15-13-27-45(46(32)44)50(47(49)40-22-8-4-18-36(40)37-19-5-9-23-41(37)47)35-30-28-33(29-31-35)48-42-24-10-6-20-38(42)39-21-7-11-25-43(39)48/h1-31H. The Morgan fingerprint density at radius 1 is 0.340 bits per heavy atom. The van der Waals surface area contributed by atoms with Crippen LogP contribution in [-0.2, 0) is 5.66 Å². The number of fused-ring (bicyclic) bond motifs is 8. The van der Waals surface area contributed by atoms with Crippen LogP contribution in [0.4, 0.5) is 22.7 Å². The van der Waals surface area contributed by atoms with Gasteiger partial charge < -0.3 is 14.4 Å². The van der Waals surface area contributed by atoms with Gasteiger partial charge >= 0.3 is 0 Å². The highest BCUT2D eigenvalue weighted by Gasteiger charge is 2.56. The summed E-state index contributed by atoms with van der Waals surface area (Å²) in [5.74, 6) is 0. The minimum atomic E-state index is -0.703. The van der Waals surface area contributed by atoms with E-state index in [1.807, 2.05) is 0 Å². The van der Waals surface area contributed by atoms with Crippen LogP contribution in [0.3, 0.4) is 0 Å². The van der Waals surface area contributed by atoms with Gasteiger partial charge in [0.15, 0.2) is 5.66 Å². The normalized spacial score (nSPS) is 14.1. The van der Waals surface area contributed by atoms with Gasteiger partial charge in [-0.25, -0.2) is 0 Å². The molecule has 0 saturated heterocycles. The van der Waals surface area contributed by atoms with Gasteiger partial charge in [-0.15, -0.1) is 0 Å². The molecule has 1 aliphatic heterocycles. The molecule has 11 rings (SSSR count). The first kappa shape index (κ1) is 27.4. The molecular formula is C47H31N3. The molecule has 234 valence electrons. The average molecular weight is 638 g/mol. The average Bonchev–Trinajstić information content (AvgIpc) is 3.67. The lowest BCUT2D eigenvalue weighted by Gasteiger charge is -2.55. The van der Waals surface area contributed by atoms with Gasteiger partial charge in [0.2, 0.25) is 0 Å². The third kappa shape index (κ3) is 3.48. The van der Waals surface area contributed by atoms with Crippen molar-refractivity contribution < 1.29 is 0 Å². The first-order chi connectivity index (χ1) is 24.8. The van der Waals surface area contributed by atoms with E-state index in [1.165, 1.54) is 66.2 Å². The summed E-state index contributed by atoms with van der Waals surface area (Å²) in [7, 11) is 0. The second kappa shape index (κ2) is 10.2. The van der Waals surface area contributed by atoms with Crippen LogP contribution in [0, 0.1) is 0 Å². The zero-order valence-electron chi connectivity index (χ0n) is 27.2. The van der Waals surface area contributed by atoms with E-state index in [4.69, 9.17) is 0 Å². The van der Waals surface area contributed by atoms with Gasteiger partial charge in [0, 0.05) is 44.3 Å². The van der Waals surface area contributed by atoms with E-state index in [-0.39, 0.29) is 0 Å². The van der Waals surface area contributed by atoms with Crippen molar-refractivity contribution in [2.24, 2.45) is 0 Å². The maximum Gasteiger partial charge on any atom is 0.176 e. The zero-order chi connectivity index (χ0) is 32.8. The lowest BCUT2D eigenvalue weighted by molar-refractivity contribution is 0.541. The molecule has 8 aromatic carbocycles. The molecule has 0 unspecified atom stereocenters. The quantitative estimate of drug-likeness (QED) is 0.191. The lowest BCUT2D eigenvalue weighted by atomic mass is 9.85. The Morgan fingerprint density at radius 3 is 1.38 bits per heavy atom. The maximum absolute atomic E-state index is 2.61. The van der Waals surface area contributed by atoms with Crippen molar-refractivity contribution in [1.82, 2.24) is 4.57 Å². The van der Waals surface area contributed by atoms with Gasteiger partial charge in [0.25, 0.3) is 0 Å².